The monoisotopic (exact) mass is 359 g/mol. The molecule has 1 aliphatic carbocycles. The van der Waals surface area contributed by atoms with E-state index in [-0.39, 0.29) is 37.6 Å². The van der Waals surface area contributed by atoms with Crippen LogP contribution in [-0.2, 0) is 29.1 Å². The summed E-state index contributed by atoms with van der Waals surface area (Å²) in [6, 6.07) is -0.282. The standard InChI is InChI=1S/C16H20F3N3O3/c17-16(18,19)10-1-3-11(4-2-10)21-14(23)7-22-9-20-13-5-6-25-8-12(13)15(22)24/h9-11H,1-8H2,(H,21,23). The molecule has 2 heterocycles. The fourth-order valence-electron chi connectivity index (χ4n) is 3.38. The number of aromatic nitrogens is 2. The van der Waals surface area contributed by atoms with E-state index in [1.54, 1.807) is 0 Å². The van der Waals surface area contributed by atoms with Gasteiger partial charge in [0.15, 0.2) is 0 Å². The average Bonchev–Trinajstić information content (AvgIpc) is 2.57. The highest BCUT2D eigenvalue weighted by atomic mass is 19.4. The molecular formula is C16H20F3N3O3. The Morgan fingerprint density at radius 2 is 2.04 bits per heavy atom. The highest BCUT2D eigenvalue weighted by molar-refractivity contribution is 5.76. The first-order valence-electron chi connectivity index (χ1n) is 8.35. The van der Waals surface area contributed by atoms with Gasteiger partial charge in [0.25, 0.3) is 5.56 Å². The zero-order valence-electron chi connectivity index (χ0n) is 13.6. The van der Waals surface area contributed by atoms with Crippen molar-refractivity contribution in [3.63, 3.8) is 0 Å². The van der Waals surface area contributed by atoms with Crippen molar-refractivity contribution in [1.82, 2.24) is 14.9 Å². The summed E-state index contributed by atoms with van der Waals surface area (Å²) in [5.41, 5.74) is 0.853. The minimum Gasteiger partial charge on any atom is -0.376 e. The summed E-state index contributed by atoms with van der Waals surface area (Å²) >= 11 is 0. The van der Waals surface area contributed by atoms with Crippen molar-refractivity contribution in [1.29, 1.82) is 0 Å². The van der Waals surface area contributed by atoms with E-state index >= 15 is 0 Å². The summed E-state index contributed by atoms with van der Waals surface area (Å²) in [5, 5.41) is 2.72. The molecule has 0 aromatic carbocycles. The molecule has 138 valence electrons. The van der Waals surface area contributed by atoms with E-state index in [9.17, 15) is 22.8 Å². The molecule has 0 atom stereocenters. The van der Waals surface area contributed by atoms with Gasteiger partial charge in [0, 0.05) is 12.5 Å². The summed E-state index contributed by atoms with van der Waals surface area (Å²) in [4.78, 5) is 28.7. The smallest absolute Gasteiger partial charge is 0.376 e. The van der Waals surface area contributed by atoms with E-state index in [2.05, 4.69) is 10.3 Å². The van der Waals surface area contributed by atoms with Crippen molar-refractivity contribution >= 4 is 5.91 Å². The molecule has 6 nitrogen and oxygen atoms in total. The minimum absolute atomic E-state index is 0.0200. The van der Waals surface area contributed by atoms with E-state index in [0.717, 1.165) is 0 Å². The lowest BCUT2D eigenvalue weighted by molar-refractivity contribution is -0.182. The third kappa shape index (κ3) is 4.20. The second-order valence-electron chi connectivity index (χ2n) is 6.56. The first kappa shape index (κ1) is 17.9. The van der Waals surface area contributed by atoms with E-state index in [1.165, 1.54) is 10.9 Å². The Hall–Kier alpha value is -1.90. The van der Waals surface area contributed by atoms with Crippen LogP contribution in [0.25, 0.3) is 0 Å². The first-order valence-corrected chi connectivity index (χ1v) is 8.35. The molecule has 0 unspecified atom stereocenters. The molecule has 25 heavy (non-hydrogen) atoms. The normalized spacial score (nSPS) is 23.8. The molecule has 1 aromatic heterocycles. The Morgan fingerprint density at radius 3 is 2.72 bits per heavy atom. The van der Waals surface area contributed by atoms with E-state index in [0.29, 0.717) is 37.1 Å². The van der Waals surface area contributed by atoms with Crippen molar-refractivity contribution in [2.45, 2.75) is 57.5 Å². The number of halogens is 3. The lowest BCUT2D eigenvalue weighted by atomic mass is 9.85. The quantitative estimate of drug-likeness (QED) is 0.889. The van der Waals surface area contributed by atoms with Crippen LogP contribution < -0.4 is 10.9 Å². The summed E-state index contributed by atoms with van der Waals surface area (Å²) < 4.78 is 44.4. The van der Waals surface area contributed by atoms with Crippen molar-refractivity contribution in [3.8, 4) is 0 Å². The zero-order valence-corrected chi connectivity index (χ0v) is 13.6. The van der Waals surface area contributed by atoms with Crippen LogP contribution >= 0.6 is 0 Å². The van der Waals surface area contributed by atoms with Crippen LogP contribution in [0, 0.1) is 5.92 Å². The number of hydrogen-bond acceptors (Lipinski definition) is 4. The fourth-order valence-corrected chi connectivity index (χ4v) is 3.38. The number of rotatable bonds is 3. The predicted molar refractivity (Wildman–Crippen MR) is 81.8 cm³/mol. The van der Waals surface area contributed by atoms with Crippen LogP contribution in [0.5, 0.6) is 0 Å². The van der Waals surface area contributed by atoms with Gasteiger partial charge in [0.2, 0.25) is 5.91 Å². The third-order valence-corrected chi connectivity index (χ3v) is 4.82. The van der Waals surface area contributed by atoms with E-state index in [4.69, 9.17) is 4.74 Å². The summed E-state index contributed by atoms with van der Waals surface area (Å²) in [6.07, 6.45) is -1.63. The maximum atomic E-state index is 12.7. The van der Waals surface area contributed by atoms with Crippen LogP contribution in [0.3, 0.4) is 0 Å². The Labute approximate surface area is 142 Å². The summed E-state index contributed by atoms with van der Waals surface area (Å²) in [6.45, 7) is 0.508. The van der Waals surface area contributed by atoms with E-state index in [1.807, 2.05) is 0 Å². The maximum Gasteiger partial charge on any atom is 0.391 e. The average molecular weight is 359 g/mol. The molecular weight excluding hydrogens is 339 g/mol. The molecule has 0 spiro atoms. The van der Waals surface area contributed by atoms with Gasteiger partial charge in [-0.1, -0.05) is 0 Å². The molecule has 9 heteroatoms. The lowest BCUT2D eigenvalue weighted by Crippen LogP contribution is -2.42. The van der Waals surface area contributed by atoms with Gasteiger partial charge < -0.3 is 10.1 Å². The van der Waals surface area contributed by atoms with Crippen LogP contribution in [0.4, 0.5) is 13.2 Å². The van der Waals surface area contributed by atoms with Gasteiger partial charge in [-0.3, -0.25) is 14.2 Å². The summed E-state index contributed by atoms with van der Waals surface area (Å²) in [5.74, 6) is -1.68. The third-order valence-electron chi connectivity index (χ3n) is 4.82. The molecule has 0 saturated heterocycles. The molecule has 1 saturated carbocycles. The number of hydrogen-bond donors (Lipinski definition) is 1. The second-order valence-corrected chi connectivity index (χ2v) is 6.56. The topological polar surface area (TPSA) is 73.2 Å². The number of ether oxygens (including phenoxy) is 1. The van der Waals surface area contributed by atoms with Gasteiger partial charge in [0.1, 0.15) is 6.54 Å². The summed E-state index contributed by atoms with van der Waals surface area (Å²) in [7, 11) is 0. The molecule has 1 amide bonds. The largest absolute Gasteiger partial charge is 0.391 e. The molecule has 1 aromatic rings. The predicted octanol–water partition coefficient (Wildman–Crippen LogP) is 1.55. The lowest BCUT2D eigenvalue weighted by Gasteiger charge is -2.30. The van der Waals surface area contributed by atoms with Gasteiger partial charge in [-0.25, -0.2) is 4.98 Å². The van der Waals surface area contributed by atoms with Crippen molar-refractivity contribution < 1.29 is 22.7 Å². The number of amides is 1. The molecule has 0 radical (unpaired) electrons. The van der Waals surface area contributed by atoms with Gasteiger partial charge in [-0.15, -0.1) is 0 Å². The van der Waals surface area contributed by atoms with Gasteiger partial charge >= 0.3 is 6.18 Å². The Balaban J connectivity index is 1.56. The zero-order chi connectivity index (χ0) is 18.0. The first-order chi connectivity index (χ1) is 11.8. The fraction of sp³-hybridized carbons (Fsp3) is 0.688. The van der Waals surface area contributed by atoms with Crippen LogP contribution in [0.2, 0.25) is 0 Å². The Kier molecular flexibility index (Phi) is 5.12. The Morgan fingerprint density at radius 1 is 1.32 bits per heavy atom. The van der Waals surface area contributed by atoms with Crippen molar-refractivity contribution in [2.75, 3.05) is 6.61 Å². The number of alkyl halides is 3. The molecule has 0 bridgehead atoms. The number of fused-ring (bicyclic) bond motifs is 1. The highest BCUT2D eigenvalue weighted by Gasteiger charge is 2.41. The molecule has 3 rings (SSSR count). The molecule has 2 aliphatic rings. The minimum atomic E-state index is -4.17. The number of nitrogens with zero attached hydrogens (tertiary/aromatic N) is 2. The molecule has 1 fully saturated rings. The second kappa shape index (κ2) is 7.15. The number of carbonyl (C=O) groups is 1. The highest BCUT2D eigenvalue weighted by Crippen LogP contribution is 2.37. The van der Waals surface area contributed by atoms with Crippen LogP contribution in [0.1, 0.15) is 36.9 Å². The van der Waals surface area contributed by atoms with Gasteiger partial charge in [-0.2, -0.15) is 13.2 Å². The van der Waals surface area contributed by atoms with Gasteiger partial charge in [-0.05, 0) is 25.7 Å². The van der Waals surface area contributed by atoms with Crippen LogP contribution in [-0.4, -0.2) is 34.3 Å². The number of carbonyl (C=O) groups excluding carboxylic acids is 1. The number of nitrogens with one attached hydrogen (secondary N) is 1. The van der Waals surface area contributed by atoms with Crippen LogP contribution in [0.15, 0.2) is 11.1 Å². The van der Waals surface area contributed by atoms with Crippen molar-refractivity contribution in [3.05, 3.63) is 27.9 Å². The Bertz CT molecular complexity index is 694. The SMILES string of the molecule is O=C(Cn1cnc2c(c1=O)COCC2)NC1CCC(C(F)(F)F)CC1. The maximum absolute atomic E-state index is 12.7. The molecule has 1 aliphatic heterocycles. The molecule has 1 N–H and O–H groups in total. The van der Waals surface area contributed by atoms with Crippen molar-refractivity contribution in [2.24, 2.45) is 5.92 Å². The van der Waals surface area contributed by atoms with Gasteiger partial charge in [0.05, 0.1) is 36.7 Å². The van der Waals surface area contributed by atoms with E-state index < -0.39 is 18.0 Å².